The van der Waals surface area contributed by atoms with E-state index in [-0.39, 0.29) is 6.04 Å². The Hall–Kier alpha value is -1.10. The zero-order chi connectivity index (χ0) is 13.3. The van der Waals surface area contributed by atoms with Gasteiger partial charge in [0, 0.05) is 10.9 Å². The summed E-state index contributed by atoms with van der Waals surface area (Å²) in [5, 5.41) is 1.49. The number of hydrogen-bond acceptors (Lipinski definition) is 4. The van der Waals surface area contributed by atoms with Gasteiger partial charge in [0.25, 0.3) is 0 Å². The van der Waals surface area contributed by atoms with Gasteiger partial charge in [-0.3, -0.25) is 0 Å². The predicted molar refractivity (Wildman–Crippen MR) is 76.5 cm³/mol. The van der Waals surface area contributed by atoms with E-state index in [4.69, 9.17) is 22.1 Å². The van der Waals surface area contributed by atoms with Crippen molar-refractivity contribution < 1.29 is 4.74 Å². The van der Waals surface area contributed by atoms with Crippen LogP contribution in [0.4, 0.5) is 0 Å². The van der Waals surface area contributed by atoms with E-state index >= 15 is 0 Å². The highest BCUT2D eigenvalue weighted by Crippen LogP contribution is 2.40. The molecule has 0 fully saturated rings. The number of nitrogens with two attached hydrogens (primary N) is 1. The molecule has 2 rings (SSSR count). The van der Waals surface area contributed by atoms with Gasteiger partial charge >= 0.3 is 0 Å². The first-order valence-corrected chi connectivity index (χ1v) is 6.79. The molecule has 0 amide bonds. The quantitative estimate of drug-likeness (QED) is 0.931. The number of methoxy groups -OCH3 is 1. The molecule has 18 heavy (non-hydrogen) atoms. The third-order valence-corrected chi connectivity index (χ3v) is 4.35. The SMILES string of the molecule is COc1cccc(Cl)c1-c1nc(C)c(C(C)N)s1. The summed E-state index contributed by atoms with van der Waals surface area (Å²) in [7, 11) is 1.63. The largest absolute Gasteiger partial charge is 0.496 e. The molecule has 3 nitrogen and oxygen atoms in total. The molecule has 1 aromatic heterocycles. The summed E-state index contributed by atoms with van der Waals surface area (Å²) in [6.45, 7) is 3.91. The molecule has 0 aliphatic rings. The van der Waals surface area contributed by atoms with Crippen LogP contribution < -0.4 is 10.5 Å². The highest BCUT2D eigenvalue weighted by molar-refractivity contribution is 7.15. The first-order chi connectivity index (χ1) is 8.54. The molecule has 0 saturated heterocycles. The fraction of sp³-hybridized carbons (Fsp3) is 0.308. The van der Waals surface area contributed by atoms with Crippen LogP contribution in [0.1, 0.15) is 23.5 Å². The second-order valence-corrected chi connectivity index (χ2v) is 5.51. The highest BCUT2D eigenvalue weighted by Gasteiger charge is 2.17. The Kier molecular flexibility index (Phi) is 3.90. The van der Waals surface area contributed by atoms with Crippen LogP contribution in [0.15, 0.2) is 18.2 Å². The number of hydrogen-bond donors (Lipinski definition) is 1. The molecule has 0 spiro atoms. The lowest BCUT2D eigenvalue weighted by Crippen LogP contribution is -2.03. The summed E-state index contributed by atoms with van der Waals surface area (Å²) in [4.78, 5) is 5.62. The van der Waals surface area contributed by atoms with E-state index in [1.807, 2.05) is 32.0 Å². The molecule has 1 aromatic carbocycles. The van der Waals surface area contributed by atoms with E-state index in [1.165, 1.54) is 0 Å². The number of rotatable bonds is 3. The van der Waals surface area contributed by atoms with Gasteiger partial charge in [0.1, 0.15) is 10.8 Å². The first kappa shape index (κ1) is 13.3. The second-order valence-electron chi connectivity index (χ2n) is 4.07. The number of aryl methyl sites for hydroxylation is 1. The van der Waals surface area contributed by atoms with Gasteiger partial charge in [-0.2, -0.15) is 0 Å². The number of benzene rings is 1. The lowest BCUT2D eigenvalue weighted by molar-refractivity contribution is 0.416. The average Bonchev–Trinajstić information content (AvgIpc) is 2.70. The average molecular weight is 283 g/mol. The van der Waals surface area contributed by atoms with Crippen LogP contribution >= 0.6 is 22.9 Å². The van der Waals surface area contributed by atoms with Crippen molar-refractivity contribution in [2.75, 3.05) is 7.11 Å². The van der Waals surface area contributed by atoms with Crippen molar-refractivity contribution in [1.82, 2.24) is 4.98 Å². The van der Waals surface area contributed by atoms with Gasteiger partial charge < -0.3 is 10.5 Å². The maximum Gasteiger partial charge on any atom is 0.130 e. The van der Waals surface area contributed by atoms with Crippen LogP contribution in [0.25, 0.3) is 10.6 Å². The molecule has 2 aromatic rings. The monoisotopic (exact) mass is 282 g/mol. The highest BCUT2D eigenvalue weighted by atomic mass is 35.5. The lowest BCUT2D eigenvalue weighted by Gasteiger charge is -2.07. The first-order valence-electron chi connectivity index (χ1n) is 5.60. The van der Waals surface area contributed by atoms with Crippen molar-refractivity contribution in [2.24, 2.45) is 5.73 Å². The van der Waals surface area contributed by atoms with Crippen molar-refractivity contribution in [1.29, 1.82) is 0 Å². The molecule has 0 bridgehead atoms. The minimum Gasteiger partial charge on any atom is -0.496 e. The summed E-state index contributed by atoms with van der Waals surface area (Å²) in [5.41, 5.74) is 7.71. The Labute approximate surface area is 116 Å². The maximum absolute atomic E-state index is 6.24. The number of halogens is 1. The summed E-state index contributed by atoms with van der Waals surface area (Å²) in [6, 6.07) is 5.55. The van der Waals surface area contributed by atoms with E-state index in [1.54, 1.807) is 18.4 Å². The molecular weight excluding hydrogens is 268 g/mol. The Morgan fingerprint density at radius 1 is 1.44 bits per heavy atom. The standard InChI is InChI=1S/C13H15ClN2OS/c1-7(15)12-8(2)16-13(18-12)11-9(14)5-4-6-10(11)17-3/h4-7H,15H2,1-3H3. The molecule has 0 aliphatic carbocycles. The molecule has 5 heteroatoms. The van der Waals surface area contributed by atoms with E-state index in [2.05, 4.69) is 4.98 Å². The topological polar surface area (TPSA) is 48.1 Å². The molecule has 1 heterocycles. The Balaban J connectivity index is 2.59. The Morgan fingerprint density at radius 3 is 2.72 bits per heavy atom. The molecule has 0 aliphatic heterocycles. The van der Waals surface area contributed by atoms with E-state index < -0.39 is 0 Å². The van der Waals surface area contributed by atoms with Gasteiger partial charge in [0.2, 0.25) is 0 Å². The van der Waals surface area contributed by atoms with Gasteiger partial charge in [-0.1, -0.05) is 17.7 Å². The van der Waals surface area contributed by atoms with Gasteiger partial charge in [0.05, 0.1) is 23.4 Å². The van der Waals surface area contributed by atoms with Gasteiger partial charge in [-0.25, -0.2) is 4.98 Å². The van der Waals surface area contributed by atoms with Crippen molar-refractivity contribution >= 4 is 22.9 Å². The molecule has 0 radical (unpaired) electrons. The fourth-order valence-corrected chi connectivity index (χ4v) is 3.21. The second kappa shape index (κ2) is 5.26. The van der Waals surface area contributed by atoms with E-state index in [9.17, 15) is 0 Å². The smallest absolute Gasteiger partial charge is 0.130 e. The summed E-state index contributed by atoms with van der Waals surface area (Å²) in [5.74, 6) is 0.729. The Morgan fingerprint density at radius 2 is 2.17 bits per heavy atom. The summed E-state index contributed by atoms with van der Waals surface area (Å²) >= 11 is 7.80. The van der Waals surface area contributed by atoms with Crippen LogP contribution in [-0.4, -0.2) is 12.1 Å². The molecule has 2 N–H and O–H groups in total. The van der Waals surface area contributed by atoms with Crippen LogP contribution in [0, 0.1) is 6.92 Å². The van der Waals surface area contributed by atoms with Crippen LogP contribution in [0.3, 0.4) is 0 Å². The normalized spacial score (nSPS) is 12.5. The number of ether oxygens (including phenoxy) is 1. The zero-order valence-electron chi connectivity index (χ0n) is 10.5. The summed E-state index contributed by atoms with van der Waals surface area (Å²) in [6.07, 6.45) is 0. The predicted octanol–water partition coefficient (Wildman–Crippen LogP) is 3.80. The van der Waals surface area contributed by atoms with Crippen molar-refractivity contribution in [2.45, 2.75) is 19.9 Å². The van der Waals surface area contributed by atoms with Crippen LogP contribution in [-0.2, 0) is 0 Å². The molecule has 0 saturated carbocycles. The minimum absolute atomic E-state index is 0.0234. The van der Waals surface area contributed by atoms with Gasteiger partial charge in [0.15, 0.2) is 0 Å². The van der Waals surface area contributed by atoms with E-state index in [0.29, 0.717) is 5.02 Å². The fourth-order valence-electron chi connectivity index (χ4n) is 1.82. The third kappa shape index (κ3) is 2.36. The summed E-state index contributed by atoms with van der Waals surface area (Å²) < 4.78 is 5.34. The van der Waals surface area contributed by atoms with Crippen molar-refractivity contribution in [3.05, 3.63) is 33.8 Å². The molecule has 1 atom stereocenters. The van der Waals surface area contributed by atoms with Gasteiger partial charge in [-0.05, 0) is 26.0 Å². The lowest BCUT2D eigenvalue weighted by atomic mass is 10.2. The van der Waals surface area contributed by atoms with Crippen LogP contribution in [0.2, 0.25) is 5.02 Å². The number of aromatic nitrogens is 1. The Bertz CT molecular complexity index is 566. The van der Waals surface area contributed by atoms with Crippen LogP contribution in [0.5, 0.6) is 5.75 Å². The minimum atomic E-state index is -0.0234. The molecule has 1 unspecified atom stereocenters. The molecular formula is C13H15ClN2OS. The molecule has 96 valence electrons. The third-order valence-electron chi connectivity index (χ3n) is 2.66. The maximum atomic E-state index is 6.24. The number of nitrogens with zero attached hydrogens (tertiary/aromatic N) is 1. The van der Waals surface area contributed by atoms with E-state index in [0.717, 1.165) is 26.9 Å². The van der Waals surface area contributed by atoms with Gasteiger partial charge in [-0.15, -0.1) is 11.3 Å². The number of thiazole rings is 1. The van der Waals surface area contributed by atoms with Crippen molar-refractivity contribution in [3.63, 3.8) is 0 Å². The van der Waals surface area contributed by atoms with Crippen molar-refractivity contribution in [3.8, 4) is 16.3 Å². The zero-order valence-corrected chi connectivity index (χ0v) is 12.1.